The van der Waals surface area contributed by atoms with Crippen LogP contribution in [0.15, 0.2) is 12.1 Å². The molecule has 1 atom stereocenters. The lowest BCUT2D eigenvalue weighted by Gasteiger charge is -2.10. The van der Waals surface area contributed by atoms with Crippen LogP contribution in [0.2, 0.25) is 0 Å². The van der Waals surface area contributed by atoms with Gasteiger partial charge in [-0.25, -0.2) is 8.78 Å². The van der Waals surface area contributed by atoms with Crippen molar-refractivity contribution in [1.29, 1.82) is 0 Å². The highest BCUT2D eigenvalue weighted by Crippen LogP contribution is 2.35. The van der Waals surface area contributed by atoms with Crippen molar-refractivity contribution in [3.8, 4) is 0 Å². The lowest BCUT2D eigenvalue weighted by molar-refractivity contribution is -0.117. The maximum Gasteiger partial charge on any atom is 0.246 e. The zero-order valence-electron chi connectivity index (χ0n) is 9.09. The molecule has 3 rings (SSSR count). The van der Waals surface area contributed by atoms with E-state index in [1.807, 2.05) is 0 Å². The van der Waals surface area contributed by atoms with E-state index in [0.717, 1.165) is 25.5 Å². The van der Waals surface area contributed by atoms with Crippen molar-refractivity contribution in [2.45, 2.75) is 18.9 Å². The van der Waals surface area contributed by atoms with E-state index in [9.17, 15) is 13.6 Å². The van der Waals surface area contributed by atoms with E-state index in [0.29, 0.717) is 11.5 Å². The Labute approximate surface area is 97.2 Å². The largest absolute Gasteiger partial charge is 0.322 e. The minimum atomic E-state index is -0.718. The molecule has 90 valence electrons. The van der Waals surface area contributed by atoms with Gasteiger partial charge in [0.25, 0.3) is 0 Å². The third-order valence-electron chi connectivity index (χ3n) is 3.21. The van der Waals surface area contributed by atoms with Crippen molar-refractivity contribution >= 4 is 11.6 Å². The van der Waals surface area contributed by atoms with Crippen LogP contribution < -0.4 is 10.6 Å². The van der Waals surface area contributed by atoms with Crippen molar-refractivity contribution in [3.05, 3.63) is 29.3 Å². The molecule has 1 amide bonds. The predicted molar refractivity (Wildman–Crippen MR) is 58.5 cm³/mol. The van der Waals surface area contributed by atoms with Crippen molar-refractivity contribution in [1.82, 2.24) is 5.32 Å². The van der Waals surface area contributed by atoms with Gasteiger partial charge in [-0.05, 0) is 31.4 Å². The molecule has 5 heteroatoms. The maximum absolute atomic E-state index is 13.4. The van der Waals surface area contributed by atoms with E-state index < -0.39 is 17.7 Å². The summed E-state index contributed by atoms with van der Waals surface area (Å²) in [7, 11) is 0. The molecule has 2 aliphatic rings. The summed E-state index contributed by atoms with van der Waals surface area (Å²) >= 11 is 0. The highest BCUT2D eigenvalue weighted by atomic mass is 19.1. The van der Waals surface area contributed by atoms with Crippen LogP contribution in [0.1, 0.15) is 24.4 Å². The van der Waals surface area contributed by atoms with E-state index in [1.54, 1.807) is 0 Å². The lowest BCUT2D eigenvalue weighted by Crippen LogP contribution is -2.29. The third kappa shape index (κ3) is 1.91. The molecule has 0 spiro atoms. The van der Waals surface area contributed by atoms with Gasteiger partial charge in [-0.3, -0.25) is 4.79 Å². The number of hydrogen-bond acceptors (Lipinski definition) is 2. The molecule has 1 heterocycles. The summed E-state index contributed by atoms with van der Waals surface area (Å²) in [5, 5.41) is 5.50. The molecule has 3 nitrogen and oxygen atoms in total. The van der Waals surface area contributed by atoms with Crippen LogP contribution in [0.3, 0.4) is 0 Å². The topological polar surface area (TPSA) is 41.1 Å². The minimum Gasteiger partial charge on any atom is -0.322 e. The normalized spacial score (nSPS) is 22.5. The predicted octanol–water partition coefficient (Wildman–Crippen LogP) is 1.96. The van der Waals surface area contributed by atoms with Gasteiger partial charge in [-0.2, -0.15) is 0 Å². The highest BCUT2D eigenvalue weighted by Gasteiger charge is 2.34. The Morgan fingerprint density at radius 2 is 2.12 bits per heavy atom. The molecule has 17 heavy (non-hydrogen) atoms. The van der Waals surface area contributed by atoms with Crippen molar-refractivity contribution in [2.75, 3.05) is 11.9 Å². The van der Waals surface area contributed by atoms with E-state index in [4.69, 9.17) is 0 Å². The smallest absolute Gasteiger partial charge is 0.246 e. The van der Waals surface area contributed by atoms with Crippen LogP contribution in [0, 0.1) is 17.6 Å². The molecule has 1 unspecified atom stereocenters. The number of rotatable bonds is 3. The minimum absolute atomic E-state index is 0.102. The quantitative estimate of drug-likeness (QED) is 0.845. The average molecular weight is 238 g/mol. The van der Waals surface area contributed by atoms with Gasteiger partial charge in [0.15, 0.2) is 0 Å². The molecule has 0 saturated heterocycles. The first-order valence-electron chi connectivity index (χ1n) is 5.68. The SMILES string of the molecule is O=C1Nc2c(F)cc(F)cc2C1NCC1CC1. The summed E-state index contributed by atoms with van der Waals surface area (Å²) in [5.74, 6) is -1.09. The number of halogens is 2. The zero-order chi connectivity index (χ0) is 12.0. The summed E-state index contributed by atoms with van der Waals surface area (Å²) in [4.78, 5) is 11.7. The lowest BCUT2D eigenvalue weighted by atomic mass is 10.1. The Bertz CT molecular complexity index is 486. The fraction of sp³-hybridized carbons (Fsp3) is 0.417. The number of fused-ring (bicyclic) bond motifs is 1. The van der Waals surface area contributed by atoms with Crippen molar-refractivity contribution in [2.24, 2.45) is 5.92 Å². The van der Waals surface area contributed by atoms with Gasteiger partial charge in [0, 0.05) is 11.6 Å². The molecule has 1 aromatic rings. The second-order valence-corrected chi connectivity index (χ2v) is 4.63. The summed E-state index contributed by atoms with van der Waals surface area (Å²) in [6, 6.07) is 1.36. The van der Waals surface area contributed by atoms with Gasteiger partial charge >= 0.3 is 0 Å². The summed E-state index contributed by atoms with van der Waals surface area (Å²) in [6.45, 7) is 0.718. The second-order valence-electron chi connectivity index (χ2n) is 4.63. The van der Waals surface area contributed by atoms with Crippen molar-refractivity contribution < 1.29 is 13.6 Å². The summed E-state index contributed by atoms with van der Waals surface area (Å²) < 4.78 is 26.6. The Kier molecular flexibility index (Phi) is 2.36. The molecule has 1 aliphatic heterocycles. The van der Waals surface area contributed by atoms with Crippen LogP contribution in [-0.4, -0.2) is 12.5 Å². The Balaban J connectivity index is 1.88. The van der Waals surface area contributed by atoms with Gasteiger partial charge < -0.3 is 10.6 Å². The first kappa shape index (κ1) is 10.7. The molecular weight excluding hydrogens is 226 g/mol. The first-order valence-corrected chi connectivity index (χ1v) is 5.68. The Hall–Kier alpha value is -1.49. The number of nitrogens with one attached hydrogen (secondary N) is 2. The Morgan fingerprint density at radius 3 is 2.82 bits per heavy atom. The summed E-state index contributed by atoms with van der Waals surface area (Å²) in [6.07, 6.45) is 2.32. The monoisotopic (exact) mass is 238 g/mol. The van der Waals surface area contributed by atoms with Gasteiger partial charge in [-0.1, -0.05) is 0 Å². The molecule has 0 radical (unpaired) electrons. The number of anilines is 1. The highest BCUT2D eigenvalue weighted by molar-refractivity contribution is 6.02. The number of carbonyl (C=O) groups excluding carboxylic acids is 1. The van der Waals surface area contributed by atoms with Gasteiger partial charge in [0.05, 0.1) is 5.69 Å². The van der Waals surface area contributed by atoms with Gasteiger partial charge in [-0.15, -0.1) is 0 Å². The molecule has 1 aliphatic carbocycles. The summed E-state index contributed by atoms with van der Waals surface area (Å²) in [5.41, 5.74) is 0.470. The molecule has 0 bridgehead atoms. The first-order chi connectivity index (χ1) is 8.15. The van der Waals surface area contributed by atoms with Gasteiger partial charge in [0.1, 0.15) is 17.7 Å². The molecule has 1 saturated carbocycles. The van der Waals surface area contributed by atoms with E-state index >= 15 is 0 Å². The van der Waals surface area contributed by atoms with E-state index in [1.165, 1.54) is 6.07 Å². The molecule has 1 fully saturated rings. The van der Waals surface area contributed by atoms with Crippen LogP contribution >= 0.6 is 0 Å². The van der Waals surface area contributed by atoms with Crippen LogP contribution in [0.4, 0.5) is 14.5 Å². The van der Waals surface area contributed by atoms with Crippen molar-refractivity contribution in [3.63, 3.8) is 0 Å². The Morgan fingerprint density at radius 1 is 1.35 bits per heavy atom. The zero-order valence-corrected chi connectivity index (χ0v) is 9.09. The second kappa shape index (κ2) is 3.77. The van der Waals surface area contributed by atoms with Gasteiger partial charge in [0.2, 0.25) is 5.91 Å². The number of carbonyl (C=O) groups is 1. The third-order valence-corrected chi connectivity index (χ3v) is 3.21. The fourth-order valence-corrected chi connectivity index (χ4v) is 2.10. The van der Waals surface area contributed by atoms with Crippen LogP contribution in [0.5, 0.6) is 0 Å². The van der Waals surface area contributed by atoms with Crippen LogP contribution in [0.25, 0.3) is 0 Å². The average Bonchev–Trinajstić information content (AvgIpc) is 3.02. The molecule has 1 aromatic carbocycles. The number of benzene rings is 1. The number of hydrogen-bond donors (Lipinski definition) is 2. The van der Waals surface area contributed by atoms with E-state index in [-0.39, 0.29) is 11.6 Å². The van der Waals surface area contributed by atoms with Crippen LogP contribution in [-0.2, 0) is 4.79 Å². The molecule has 2 N–H and O–H groups in total. The molecule has 0 aromatic heterocycles. The maximum atomic E-state index is 13.4. The number of amides is 1. The molecular formula is C12H12F2N2O. The standard InChI is InChI=1S/C12H12F2N2O/c13-7-3-8-10(9(14)4-7)16-12(17)11(8)15-5-6-1-2-6/h3-4,6,11,15H,1-2,5H2,(H,16,17). The van der Waals surface area contributed by atoms with E-state index in [2.05, 4.69) is 10.6 Å². The fourth-order valence-electron chi connectivity index (χ4n) is 2.10.